The molecule has 0 spiro atoms. The fourth-order valence-electron chi connectivity index (χ4n) is 1.54. The Morgan fingerprint density at radius 3 is 2.61 bits per heavy atom. The molecule has 0 amide bonds. The Morgan fingerprint density at radius 2 is 2.00 bits per heavy atom. The SMILES string of the molecule is CCNC(=NCC1CC1)NCCCCOCC.I. The van der Waals surface area contributed by atoms with Crippen molar-refractivity contribution in [2.24, 2.45) is 10.9 Å². The van der Waals surface area contributed by atoms with Crippen LogP contribution in [0, 0.1) is 5.92 Å². The molecule has 0 unspecified atom stereocenters. The topological polar surface area (TPSA) is 45.7 Å². The predicted molar refractivity (Wildman–Crippen MR) is 87.8 cm³/mol. The van der Waals surface area contributed by atoms with Crippen LogP contribution in [0.4, 0.5) is 0 Å². The van der Waals surface area contributed by atoms with Gasteiger partial charge in [-0.25, -0.2) is 0 Å². The normalized spacial score (nSPS) is 15.1. The van der Waals surface area contributed by atoms with Gasteiger partial charge in [0.1, 0.15) is 0 Å². The third-order valence-corrected chi connectivity index (χ3v) is 2.76. The van der Waals surface area contributed by atoms with Crippen LogP contribution in [0.15, 0.2) is 4.99 Å². The number of unbranched alkanes of at least 4 members (excludes halogenated alkanes) is 1. The maximum Gasteiger partial charge on any atom is 0.191 e. The van der Waals surface area contributed by atoms with Gasteiger partial charge in [-0.15, -0.1) is 24.0 Å². The van der Waals surface area contributed by atoms with Crippen LogP contribution in [0.1, 0.15) is 39.5 Å². The zero-order valence-corrected chi connectivity index (χ0v) is 14.0. The number of ether oxygens (including phenoxy) is 1. The lowest BCUT2D eigenvalue weighted by molar-refractivity contribution is 0.143. The summed E-state index contributed by atoms with van der Waals surface area (Å²) in [4.78, 5) is 4.57. The lowest BCUT2D eigenvalue weighted by Gasteiger charge is -2.11. The van der Waals surface area contributed by atoms with E-state index in [0.29, 0.717) is 0 Å². The Bertz CT molecular complexity index is 220. The largest absolute Gasteiger partial charge is 0.382 e. The summed E-state index contributed by atoms with van der Waals surface area (Å²) in [5, 5.41) is 6.64. The van der Waals surface area contributed by atoms with Crippen molar-refractivity contribution in [1.82, 2.24) is 10.6 Å². The van der Waals surface area contributed by atoms with E-state index in [0.717, 1.165) is 57.6 Å². The van der Waals surface area contributed by atoms with E-state index in [2.05, 4.69) is 22.5 Å². The molecule has 2 N–H and O–H groups in total. The van der Waals surface area contributed by atoms with Crippen molar-refractivity contribution in [1.29, 1.82) is 0 Å². The molecule has 0 aromatic carbocycles. The number of guanidine groups is 1. The number of hydrogen-bond donors (Lipinski definition) is 2. The van der Waals surface area contributed by atoms with Crippen molar-refractivity contribution in [3.05, 3.63) is 0 Å². The van der Waals surface area contributed by atoms with Gasteiger partial charge in [0.2, 0.25) is 0 Å². The van der Waals surface area contributed by atoms with Crippen LogP contribution in [0.2, 0.25) is 0 Å². The molecule has 1 saturated carbocycles. The quantitative estimate of drug-likeness (QED) is 0.284. The lowest BCUT2D eigenvalue weighted by atomic mass is 10.3. The summed E-state index contributed by atoms with van der Waals surface area (Å²) in [7, 11) is 0. The number of hydrogen-bond acceptors (Lipinski definition) is 2. The molecule has 0 heterocycles. The molecule has 4 nitrogen and oxygen atoms in total. The smallest absolute Gasteiger partial charge is 0.191 e. The minimum Gasteiger partial charge on any atom is -0.382 e. The third kappa shape index (κ3) is 9.94. The minimum absolute atomic E-state index is 0. The summed E-state index contributed by atoms with van der Waals surface area (Å²) in [5.41, 5.74) is 0. The van der Waals surface area contributed by atoms with Crippen molar-refractivity contribution in [3.63, 3.8) is 0 Å². The van der Waals surface area contributed by atoms with Crippen molar-refractivity contribution >= 4 is 29.9 Å². The molecule has 108 valence electrons. The van der Waals surface area contributed by atoms with E-state index in [-0.39, 0.29) is 24.0 Å². The van der Waals surface area contributed by atoms with Gasteiger partial charge >= 0.3 is 0 Å². The maximum atomic E-state index is 5.30. The zero-order valence-electron chi connectivity index (χ0n) is 11.7. The van der Waals surface area contributed by atoms with Crippen LogP contribution in [0.3, 0.4) is 0 Å². The summed E-state index contributed by atoms with van der Waals surface area (Å²) < 4.78 is 5.30. The summed E-state index contributed by atoms with van der Waals surface area (Å²) in [5.74, 6) is 1.82. The molecule has 18 heavy (non-hydrogen) atoms. The highest BCUT2D eigenvalue weighted by Crippen LogP contribution is 2.28. The number of nitrogens with zero attached hydrogens (tertiary/aromatic N) is 1. The highest BCUT2D eigenvalue weighted by atomic mass is 127. The summed E-state index contributed by atoms with van der Waals surface area (Å²) in [6.45, 7) is 8.70. The summed E-state index contributed by atoms with van der Waals surface area (Å²) >= 11 is 0. The molecule has 1 aliphatic rings. The van der Waals surface area contributed by atoms with E-state index >= 15 is 0 Å². The van der Waals surface area contributed by atoms with Crippen molar-refractivity contribution in [2.45, 2.75) is 39.5 Å². The molecule has 0 radical (unpaired) electrons. The summed E-state index contributed by atoms with van der Waals surface area (Å²) in [6.07, 6.45) is 4.96. The zero-order chi connectivity index (χ0) is 12.3. The van der Waals surface area contributed by atoms with Gasteiger partial charge in [-0.1, -0.05) is 0 Å². The van der Waals surface area contributed by atoms with E-state index in [4.69, 9.17) is 4.74 Å². The standard InChI is InChI=1S/C13H27N3O.HI/c1-3-14-13(16-11-12-7-8-12)15-9-5-6-10-17-4-2;/h12H,3-11H2,1-2H3,(H2,14,15,16);1H. The van der Waals surface area contributed by atoms with Gasteiger partial charge in [0, 0.05) is 32.8 Å². The monoisotopic (exact) mass is 369 g/mol. The van der Waals surface area contributed by atoms with Gasteiger partial charge < -0.3 is 15.4 Å². The average molecular weight is 369 g/mol. The fourth-order valence-corrected chi connectivity index (χ4v) is 1.54. The second-order valence-corrected chi connectivity index (χ2v) is 4.49. The molecular weight excluding hydrogens is 341 g/mol. The van der Waals surface area contributed by atoms with Gasteiger partial charge in [-0.2, -0.15) is 0 Å². The summed E-state index contributed by atoms with van der Waals surface area (Å²) in [6, 6.07) is 0. The van der Waals surface area contributed by atoms with Gasteiger partial charge in [0.15, 0.2) is 5.96 Å². The van der Waals surface area contributed by atoms with Crippen LogP contribution >= 0.6 is 24.0 Å². The van der Waals surface area contributed by atoms with Crippen LogP contribution in [-0.4, -0.2) is 38.8 Å². The van der Waals surface area contributed by atoms with Gasteiger partial charge in [-0.3, -0.25) is 4.99 Å². The molecule has 0 bridgehead atoms. The highest BCUT2D eigenvalue weighted by molar-refractivity contribution is 14.0. The van der Waals surface area contributed by atoms with Gasteiger partial charge in [-0.05, 0) is 45.4 Å². The van der Waals surface area contributed by atoms with E-state index < -0.39 is 0 Å². The Hall–Kier alpha value is -0.0400. The Balaban J connectivity index is 0.00000289. The second kappa shape index (κ2) is 12.0. The van der Waals surface area contributed by atoms with Crippen molar-refractivity contribution < 1.29 is 4.74 Å². The number of aliphatic imine (C=N–C) groups is 1. The Labute approximate surface area is 128 Å². The molecule has 0 aromatic rings. The molecule has 0 atom stereocenters. The Morgan fingerprint density at radius 1 is 1.22 bits per heavy atom. The van der Waals surface area contributed by atoms with Crippen LogP contribution in [0.25, 0.3) is 0 Å². The van der Waals surface area contributed by atoms with Crippen LogP contribution in [-0.2, 0) is 4.74 Å². The first kappa shape index (κ1) is 18.0. The molecule has 5 heteroatoms. The predicted octanol–water partition coefficient (Wildman–Crippen LogP) is 2.39. The molecule has 1 rings (SSSR count). The second-order valence-electron chi connectivity index (χ2n) is 4.49. The number of halogens is 1. The van der Waals surface area contributed by atoms with Crippen molar-refractivity contribution in [3.8, 4) is 0 Å². The first-order valence-electron chi connectivity index (χ1n) is 6.96. The molecule has 0 aliphatic heterocycles. The van der Waals surface area contributed by atoms with E-state index in [1.165, 1.54) is 12.8 Å². The molecule has 0 aromatic heterocycles. The van der Waals surface area contributed by atoms with E-state index in [1.54, 1.807) is 0 Å². The third-order valence-electron chi connectivity index (χ3n) is 2.76. The number of rotatable bonds is 9. The molecular formula is C13H28IN3O. The van der Waals surface area contributed by atoms with Crippen LogP contribution in [0.5, 0.6) is 0 Å². The molecule has 1 aliphatic carbocycles. The highest BCUT2D eigenvalue weighted by Gasteiger charge is 2.20. The fraction of sp³-hybridized carbons (Fsp3) is 0.923. The molecule has 1 fully saturated rings. The first-order chi connectivity index (χ1) is 8.36. The number of nitrogens with one attached hydrogen (secondary N) is 2. The van der Waals surface area contributed by atoms with E-state index in [1.807, 2.05) is 6.92 Å². The minimum atomic E-state index is 0. The van der Waals surface area contributed by atoms with E-state index in [9.17, 15) is 0 Å². The first-order valence-corrected chi connectivity index (χ1v) is 6.96. The molecule has 0 saturated heterocycles. The maximum absolute atomic E-state index is 5.30. The van der Waals surface area contributed by atoms with Gasteiger partial charge in [0.25, 0.3) is 0 Å². The Kier molecular flexibility index (Phi) is 12.0. The van der Waals surface area contributed by atoms with Crippen molar-refractivity contribution in [2.75, 3.05) is 32.8 Å². The van der Waals surface area contributed by atoms with Gasteiger partial charge in [0.05, 0.1) is 0 Å². The van der Waals surface area contributed by atoms with Crippen LogP contribution < -0.4 is 10.6 Å². The lowest BCUT2D eigenvalue weighted by Crippen LogP contribution is -2.38. The average Bonchev–Trinajstić information content (AvgIpc) is 3.14.